The fraction of sp³-hybridized carbons (Fsp3) is 0. The number of halogens is 1. The number of carbonyl (C=O) groups is 1. The Hall–Kier alpha value is -0.790. The van der Waals surface area contributed by atoms with E-state index >= 15 is 0 Å². The maximum atomic E-state index is 10.7. The molecule has 0 bridgehead atoms. The van der Waals surface area contributed by atoms with Crippen molar-refractivity contribution in [2.45, 2.75) is 0 Å². The molecule has 6 heteroatoms. The zero-order valence-electron chi connectivity index (χ0n) is 4.67. The molecule has 10 heavy (non-hydrogen) atoms. The van der Waals surface area contributed by atoms with Gasteiger partial charge in [0, 0.05) is 22.6 Å². The number of carbonyl (C=O) groups excluding carboxylic acids is 1. The SMILES string of the molecule is O=C(I)c1ncn[nH]c1=O. The van der Waals surface area contributed by atoms with E-state index in [1.807, 2.05) is 0 Å². The molecule has 0 amide bonds. The lowest BCUT2D eigenvalue weighted by atomic mass is 10.5. The molecule has 0 aliphatic heterocycles. The molecule has 0 aliphatic carbocycles. The molecular formula is C4H2IN3O2. The molecule has 0 radical (unpaired) electrons. The average Bonchev–Trinajstić information content (AvgIpc) is 1.88. The first kappa shape index (κ1) is 7.32. The summed E-state index contributed by atoms with van der Waals surface area (Å²) in [6, 6.07) is 0. The molecule has 0 aromatic carbocycles. The number of hydrogen-bond donors (Lipinski definition) is 1. The van der Waals surface area contributed by atoms with Crippen LogP contribution >= 0.6 is 22.6 Å². The predicted octanol–water partition coefficient (Wildman–Crippen LogP) is -0.260. The van der Waals surface area contributed by atoms with E-state index in [2.05, 4.69) is 15.2 Å². The van der Waals surface area contributed by atoms with Crippen LogP contribution in [0.1, 0.15) is 10.5 Å². The van der Waals surface area contributed by atoms with Crippen molar-refractivity contribution in [3.05, 3.63) is 22.4 Å². The van der Waals surface area contributed by atoms with Gasteiger partial charge >= 0.3 is 0 Å². The number of hydrogen-bond acceptors (Lipinski definition) is 4. The lowest BCUT2D eigenvalue weighted by molar-refractivity contribution is 0.110. The van der Waals surface area contributed by atoms with E-state index in [1.54, 1.807) is 0 Å². The maximum absolute atomic E-state index is 10.7. The van der Waals surface area contributed by atoms with E-state index in [1.165, 1.54) is 22.6 Å². The minimum atomic E-state index is -0.554. The van der Waals surface area contributed by atoms with Crippen molar-refractivity contribution in [2.75, 3.05) is 0 Å². The van der Waals surface area contributed by atoms with Crippen LogP contribution in [0.25, 0.3) is 0 Å². The van der Waals surface area contributed by atoms with Crippen molar-refractivity contribution >= 4 is 26.4 Å². The summed E-state index contributed by atoms with van der Waals surface area (Å²) < 4.78 is -0.388. The molecule has 0 saturated carbocycles. The van der Waals surface area contributed by atoms with Gasteiger partial charge in [0.05, 0.1) is 0 Å². The van der Waals surface area contributed by atoms with Crippen molar-refractivity contribution in [1.82, 2.24) is 15.2 Å². The number of nitrogens with zero attached hydrogens (tertiary/aromatic N) is 2. The van der Waals surface area contributed by atoms with E-state index in [9.17, 15) is 9.59 Å². The van der Waals surface area contributed by atoms with Crippen LogP contribution in [0.2, 0.25) is 0 Å². The first-order valence-corrected chi connectivity index (χ1v) is 3.39. The van der Waals surface area contributed by atoms with Crippen molar-refractivity contribution in [2.24, 2.45) is 0 Å². The quantitative estimate of drug-likeness (QED) is 0.551. The summed E-state index contributed by atoms with van der Waals surface area (Å²) in [6.07, 6.45) is 1.12. The fourth-order valence-electron chi connectivity index (χ4n) is 0.426. The van der Waals surface area contributed by atoms with Crippen molar-refractivity contribution in [3.8, 4) is 0 Å². The first-order valence-electron chi connectivity index (χ1n) is 2.31. The second kappa shape index (κ2) is 2.86. The highest BCUT2D eigenvalue weighted by atomic mass is 127. The monoisotopic (exact) mass is 251 g/mol. The van der Waals surface area contributed by atoms with E-state index in [0.29, 0.717) is 0 Å². The molecule has 0 fully saturated rings. The van der Waals surface area contributed by atoms with Gasteiger partial charge in [0.2, 0.25) is 3.79 Å². The lowest BCUT2D eigenvalue weighted by Gasteiger charge is -1.86. The molecule has 1 aromatic heterocycles. The molecule has 52 valence electrons. The van der Waals surface area contributed by atoms with Crippen LogP contribution in [0.5, 0.6) is 0 Å². The second-order valence-corrected chi connectivity index (χ2v) is 2.42. The van der Waals surface area contributed by atoms with Crippen LogP contribution in [0.4, 0.5) is 0 Å². The Labute approximate surface area is 69.0 Å². The minimum Gasteiger partial charge on any atom is -0.280 e. The fourth-order valence-corrected chi connectivity index (χ4v) is 0.810. The van der Waals surface area contributed by atoms with Crippen molar-refractivity contribution in [3.63, 3.8) is 0 Å². The Morgan fingerprint density at radius 1 is 1.70 bits per heavy atom. The molecule has 0 spiro atoms. The molecule has 1 rings (SSSR count). The van der Waals surface area contributed by atoms with Crippen LogP contribution in [0, 0.1) is 0 Å². The van der Waals surface area contributed by atoms with E-state index in [-0.39, 0.29) is 9.48 Å². The molecule has 0 saturated heterocycles. The van der Waals surface area contributed by atoms with Gasteiger partial charge in [-0.15, -0.1) is 0 Å². The number of aromatic amines is 1. The summed E-state index contributed by atoms with van der Waals surface area (Å²) in [5.74, 6) is 0. The summed E-state index contributed by atoms with van der Waals surface area (Å²) in [6.45, 7) is 0. The standard InChI is InChI=1S/C4H2IN3O2/c5-3(9)2-4(10)8-7-1-6-2/h1H,(H,8,10). The van der Waals surface area contributed by atoms with Gasteiger partial charge in [-0.05, 0) is 0 Å². The molecular weight excluding hydrogens is 249 g/mol. The molecule has 5 nitrogen and oxygen atoms in total. The molecule has 1 N–H and O–H groups in total. The van der Waals surface area contributed by atoms with Crippen LogP contribution in [-0.4, -0.2) is 19.0 Å². The third-order valence-electron chi connectivity index (χ3n) is 0.812. The zero-order valence-corrected chi connectivity index (χ0v) is 6.82. The molecule has 0 atom stereocenters. The lowest BCUT2D eigenvalue weighted by Crippen LogP contribution is -2.17. The van der Waals surface area contributed by atoms with E-state index in [0.717, 1.165) is 6.33 Å². The zero-order chi connectivity index (χ0) is 7.56. The Bertz CT molecular complexity index is 307. The number of nitrogens with one attached hydrogen (secondary N) is 1. The normalized spacial score (nSPS) is 9.30. The van der Waals surface area contributed by atoms with E-state index < -0.39 is 5.56 Å². The highest BCUT2D eigenvalue weighted by molar-refractivity contribution is 14.1. The Kier molecular flexibility index (Phi) is 2.10. The smallest absolute Gasteiger partial charge is 0.280 e. The third-order valence-corrected chi connectivity index (χ3v) is 1.32. The first-order chi connectivity index (χ1) is 4.72. The minimum absolute atomic E-state index is 0.115. The van der Waals surface area contributed by atoms with Gasteiger partial charge in [0.25, 0.3) is 5.56 Å². The molecule has 1 aromatic rings. The average molecular weight is 251 g/mol. The van der Waals surface area contributed by atoms with Gasteiger partial charge in [0.15, 0.2) is 5.69 Å². The molecule has 0 unspecified atom stereocenters. The predicted molar refractivity (Wildman–Crippen MR) is 41.0 cm³/mol. The van der Waals surface area contributed by atoms with Crippen LogP contribution in [0.15, 0.2) is 11.1 Å². The van der Waals surface area contributed by atoms with Gasteiger partial charge < -0.3 is 0 Å². The largest absolute Gasteiger partial charge is 0.294 e. The van der Waals surface area contributed by atoms with Gasteiger partial charge in [-0.25, -0.2) is 10.1 Å². The highest BCUT2D eigenvalue weighted by Crippen LogP contribution is 1.92. The Morgan fingerprint density at radius 3 is 2.80 bits per heavy atom. The van der Waals surface area contributed by atoms with Crippen LogP contribution in [-0.2, 0) is 0 Å². The maximum Gasteiger partial charge on any atom is 0.294 e. The number of H-pyrrole nitrogens is 1. The summed E-state index contributed by atoms with van der Waals surface area (Å²) in [7, 11) is 0. The van der Waals surface area contributed by atoms with Gasteiger partial charge in [-0.2, -0.15) is 5.10 Å². The Balaban J connectivity index is 3.29. The Morgan fingerprint density at radius 2 is 2.40 bits per heavy atom. The van der Waals surface area contributed by atoms with Crippen molar-refractivity contribution < 1.29 is 4.79 Å². The molecule has 0 aliphatic rings. The summed E-state index contributed by atoms with van der Waals surface area (Å²) >= 11 is 1.48. The van der Waals surface area contributed by atoms with Gasteiger partial charge in [-0.3, -0.25) is 9.59 Å². The van der Waals surface area contributed by atoms with E-state index in [4.69, 9.17) is 0 Å². The third kappa shape index (κ3) is 1.38. The summed E-state index contributed by atoms with van der Waals surface area (Å²) in [5.41, 5.74) is -0.669. The topological polar surface area (TPSA) is 75.7 Å². The van der Waals surface area contributed by atoms with Crippen molar-refractivity contribution in [1.29, 1.82) is 0 Å². The second-order valence-electron chi connectivity index (χ2n) is 1.44. The highest BCUT2D eigenvalue weighted by Gasteiger charge is 2.06. The summed E-state index contributed by atoms with van der Waals surface area (Å²) in [5, 5.41) is 5.41. The number of rotatable bonds is 1. The summed E-state index contributed by atoms with van der Waals surface area (Å²) in [4.78, 5) is 24.7. The van der Waals surface area contributed by atoms with Crippen LogP contribution in [0.3, 0.4) is 0 Å². The van der Waals surface area contributed by atoms with Gasteiger partial charge in [0.1, 0.15) is 6.33 Å². The van der Waals surface area contributed by atoms with Gasteiger partial charge in [-0.1, -0.05) is 0 Å². The van der Waals surface area contributed by atoms with Crippen LogP contribution < -0.4 is 5.56 Å². The molecule has 1 heterocycles. The number of aromatic nitrogens is 3.